The number of rotatable bonds is 3. The molecule has 99 valence electrons. The summed E-state index contributed by atoms with van der Waals surface area (Å²) in [7, 11) is 0. The Hall–Kier alpha value is -1.97. The Morgan fingerprint density at radius 3 is 2.37 bits per heavy atom. The fourth-order valence-electron chi connectivity index (χ4n) is 1.80. The number of ether oxygens (including phenoxy) is 1. The van der Waals surface area contributed by atoms with E-state index in [4.69, 9.17) is 4.74 Å². The summed E-state index contributed by atoms with van der Waals surface area (Å²) in [4.78, 5) is 0. The Kier molecular flexibility index (Phi) is 3.79. The molecule has 2 aromatic carbocycles. The second kappa shape index (κ2) is 5.34. The number of hydrogen-bond donors (Lipinski definition) is 0. The molecule has 1 nitrogen and oxygen atoms in total. The van der Waals surface area contributed by atoms with Gasteiger partial charge in [0.15, 0.2) is 0 Å². The Labute approximate surface area is 109 Å². The molecule has 0 bridgehead atoms. The highest BCUT2D eigenvalue weighted by molar-refractivity contribution is 5.68. The third-order valence-corrected chi connectivity index (χ3v) is 2.62. The van der Waals surface area contributed by atoms with E-state index in [2.05, 4.69) is 6.07 Å². The van der Waals surface area contributed by atoms with Crippen LogP contribution in [0.4, 0.5) is 13.2 Å². The monoisotopic (exact) mass is 265 g/mol. The molecule has 19 heavy (non-hydrogen) atoms. The van der Waals surface area contributed by atoms with Crippen molar-refractivity contribution in [2.75, 3.05) is 6.61 Å². The van der Waals surface area contributed by atoms with Gasteiger partial charge in [0.25, 0.3) is 0 Å². The van der Waals surface area contributed by atoms with E-state index in [1.807, 2.05) is 6.92 Å². The van der Waals surface area contributed by atoms with Gasteiger partial charge in [-0.05, 0) is 36.8 Å². The van der Waals surface area contributed by atoms with Crippen molar-refractivity contribution in [3.8, 4) is 16.9 Å². The molecule has 2 rings (SSSR count). The fourth-order valence-corrected chi connectivity index (χ4v) is 1.80. The minimum atomic E-state index is -4.38. The van der Waals surface area contributed by atoms with E-state index in [9.17, 15) is 13.2 Å². The fraction of sp³-hybridized carbons (Fsp3) is 0.200. The average Bonchev–Trinajstić information content (AvgIpc) is 2.39. The van der Waals surface area contributed by atoms with Crippen LogP contribution in [0.3, 0.4) is 0 Å². The van der Waals surface area contributed by atoms with Gasteiger partial charge in [0, 0.05) is 5.56 Å². The lowest BCUT2D eigenvalue weighted by Crippen LogP contribution is -2.06. The molecule has 0 aliphatic carbocycles. The molecule has 2 aromatic rings. The summed E-state index contributed by atoms with van der Waals surface area (Å²) in [5.74, 6) is 0.635. The van der Waals surface area contributed by atoms with E-state index >= 15 is 0 Å². The Bertz CT molecular complexity index is 544. The van der Waals surface area contributed by atoms with E-state index < -0.39 is 11.7 Å². The maximum atomic E-state index is 12.9. The molecular formula is C15H12F3O. The number of halogens is 3. The Morgan fingerprint density at radius 1 is 1.11 bits per heavy atom. The van der Waals surface area contributed by atoms with E-state index in [0.717, 1.165) is 6.07 Å². The van der Waals surface area contributed by atoms with Crippen LogP contribution < -0.4 is 4.74 Å². The van der Waals surface area contributed by atoms with Crippen molar-refractivity contribution in [2.24, 2.45) is 0 Å². The first-order valence-corrected chi connectivity index (χ1v) is 5.83. The van der Waals surface area contributed by atoms with Gasteiger partial charge in [-0.15, -0.1) is 0 Å². The van der Waals surface area contributed by atoms with Crippen molar-refractivity contribution in [3.05, 3.63) is 54.1 Å². The summed E-state index contributed by atoms with van der Waals surface area (Å²) >= 11 is 0. The number of benzene rings is 2. The first kappa shape index (κ1) is 13.5. The van der Waals surface area contributed by atoms with Crippen molar-refractivity contribution < 1.29 is 17.9 Å². The molecule has 0 atom stereocenters. The molecule has 0 fully saturated rings. The predicted octanol–water partition coefficient (Wildman–Crippen LogP) is 4.57. The van der Waals surface area contributed by atoms with Gasteiger partial charge in [0.2, 0.25) is 0 Å². The van der Waals surface area contributed by atoms with Crippen molar-refractivity contribution in [1.82, 2.24) is 0 Å². The molecular weight excluding hydrogens is 253 g/mol. The summed E-state index contributed by atoms with van der Waals surface area (Å²) in [5, 5.41) is 0. The molecule has 0 unspecified atom stereocenters. The van der Waals surface area contributed by atoms with Crippen molar-refractivity contribution in [2.45, 2.75) is 13.1 Å². The van der Waals surface area contributed by atoms with Gasteiger partial charge >= 0.3 is 6.18 Å². The van der Waals surface area contributed by atoms with Crippen LogP contribution in [0, 0.1) is 6.07 Å². The molecule has 0 saturated carbocycles. The third kappa shape index (κ3) is 3.08. The molecule has 4 heteroatoms. The van der Waals surface area contributed by atoms with Crippen LogP contribution in [0.2, 0.25) is 0 Å². The van der Waals surface area contributed by atoms with Gasteiger partial charge in [-0.1, -0.05) is 24.3 Å². The normalized spacial score (nSPS) is 11.4. The summed E-state index contributed by atoms with van der Waals surface area (Å²) in [6.45, 7) is 2.37. The van der Waals surface area contributed by atoms with Gasteiger partial charge in [-0.25, -0.2) is 0 Å². The lowest BCUT2D eigenvalue weighted by Gasteiger charge is -2.12. The van der Waals surface area contributed by atoms with Crippen molar-refractivity contribution >= 4 is 0 Å². The molecule has 0 N–H and O–H groups in total. The van der Waals surface area contributed by atoms with Gasteiger partial charge in [0.1, 0.15) is 5.75 Å². The molecule has 0 heterocycles. The molecule has 0 aliphatic rings. The second-order valence-corrected chi connectivity index (χ2v) is 3.91. The summed E-state index contributed by atoms with van der Waals surface area (Å²) < 4.78 is 43.9. The van der Waals surface area contributed by atoms with Crippen LogP contribution in [0.5, 0.6) is 5.75 Å². The largest absolute Gasteiger partial charge is 0.494 e. The quantitative estimate of drug-likeness (QED) is 0.789. The number of hydrogen-bond acceptors (Lipinski definition) is 1. The van der Waals surface area contributed by atoms with Crippen molar-refractivity contribution in [1.29, 1.82) is 0 Å². The van der Waals surface area contributed by atoms with Gasteiger partial charge in [0.05, 0.1) is 12.2 Å². The van der Waals surface area contributed by atoms with Gasteiger partial charge in [-0.3, -0.25) is 0 Å². The molecule has 1 radical (unpaired) electrons. The highest BCUT2D eigenvalue weighted by Crippen LogP contribution is 2.36. The van der Waals surface area contributed by atoms with E-state index in [1.54, 1.807) is 24.3 Å². The van der Waals surface area contributed by atoms with Crippen LogP contribution in [0.1, 0.15) is 12.5 Å². The van der Waals surface area contributed by atoms with Gasteiger partial charge in [-0.2, -0.15) is 13.2 Å². The topological polar surface area (TPSA) is 9.23 Å². The molecule has 0 saturated heterocycles. The molecule has 0 aromatic heterocycles. The zero-order valence-corrected chi connectivity index (χ0v) is 10.3. The smallest absolute Gasteiger partial charge is 0.417 e. The SMILES string of the molecule is CCOc1ccc(-c2[c]cccc2C(F)(F)F)cc1. The van der Waals surface area contributed by atoms with Crippen LogP contribution >= 0.6 is 0 Å². The van der Waals surface area contributed by atoms with Crippen LogP contribution in [0.25, 0.3) is 11.1 Å². The number of alkyl halides is 3. The standard InChI is InChI=1S/C15H12F3O/c1-2-19-12-9-7-11(8-10-12)13-5-3-4-6-14(13)15(16,17)18/h3-4,6-10H,2H2,1H3. The van der Waals surface area contributed by atoms with Crippen LogP contribution in [-0.4, -0.2) is 6.61 Å². The average molecular weight is 265 g/mol. The minimum absolute atomic E-state index is 0.0537. The Balaban J connectivity index is 2.42. The summed E-state index contributed by atoms with van der Waals surface area (Å²) in [6.07, 6.45) is -4.38. The molecule has 0 spiro atoms. The minimum Gasteiger partial charge on any atom is -0.494 e. The van der Waals surface area contributed by atoms with Crippen LogP contribution in [0.15, 0.2) is 42.5 Å². The van der Waals surface area contributed by atoms with E-state index in [-0.39, 0.29) is 5.56 Å². The lowest BCUT2D eigenvalue weighted by molar-refractivity contribution is -0.137. The maximum absolute atomic E-state index is 12.9. The van der Waals surface area contributed by atoms with E-state index in [0.29, 0.717) is 17.9 Å². The van der Waals surface area contributed by atoms with Crippen molar-refractivity contribution in [3.63, 3.8) is 0 Å². The highest BCUT2D eigenvalue weighted by Gasteiger charge is 2.33. The zero-order chi connectivity index (χ0) is 13.9. The first-order chi connectivity index (χ1) is 9.02. The third-order valence-electron chi connectivity index (χ3n) is 2.62. The molecule has 0 amide bonds. The molecule has 0 aliphatic heterocycles. The predicted molar refractivity (Wildman–Crippen MR) is 66.9 cm³/mol. The van der Waals surface area contributed by atoms with Crippen LogP contribution in [-0.2, 0) is 6.18 Å². The first-order valence-electron chi connectivity index (χ1n) is 5.83. The zero-order valence-electron chi connectivity index (χ0n) is 10.3. The second-order valence-electron chi connectivity index (χ2n) is 3.91. The summed E-state index contributed by atoms with van der Waals surface area (Å²) in [6, 6.07) is 13.0. The Morgan fingerprint density at radius 2 is 1.79 bits per heavy atom. The lowest BCUT2D eigenvalue weighted by atomic mass is 9.99. The van der Waals surface area contributed by atoms with E-state index in [1.165, 1.54) is 12.1 Å². The van der Waals surface area contributed by atoms with Gasteiger partial charge < -0.3 is 4.74 Å². The summed E-state index contributed by atoms with van der Waals surface area (Å²) in [5.41, 5.74) is -0.159. The highest BCUT2D eigenvalue weighted by atomic mass is 19.4. The maximum Gasteiger partial charge on any atom is 0.417 e.